The largest absolute Gasteiger partial charge is 0.483 e. The summed E-state index contributed by atoms with van der Waals surface area (Å²) in [5.41, 5.74) is 2.76. The SMILES string of the molecule is CC(C)c1nc(NC2CCN(Cc3cccnc3)CC2)c2c(n1)C(=O)NCC2.O=CO. The Labute approximate surface area is 182 Å². The Kier molecular flexibility index (Phi) is 7.88. The smallest absolute Gasteiger partial charge is 0.290 e. The number of pyridine rings is 1. The van der Waals surface area contributed by atoms with E-state index in [2.05, 4.69) is 45.4 Å². The van der Waals surface area contributed by atoms with Crippen molar-refractivity contribution < 1.29 is 14.7 Å². The van der Waals surface area contributed by atoms with Crippen LogP contribution in [0.15, 0.2) is 24.5 Å². The van der Waals surface area contributed by atoms with E-state index in [0.29, 0.717) is 18.3 Å². The summed E-state index contributed by atoms with van der Waals surface area (Å²) in [6.45, 7) is 7.54. The van der Waals surface area contributed by atoms with Crippen LogP contribution in [0, 0.1) is 0 Å². The third kappa shape index (κ3) is 5.97. The van der Waals surface area contributed by atoms with Gasteiger partial charge in [-0.1, -0.05) is 19.9 Å². The van der Waals surface area contributed by atoms with Crippen LogP contribution in [0.4, 0.5) is 5.82 Å². The van der Waals surface area contributed by atoms with E-state index in [1.165, 1.54) is 5.56 Å². The highest BCUT2D eigenvalue weighted by atomic mass is 16.3. The third-order valence-corrected chi connectivity index (χ3v) is 5.47. The first-order valence-corrected chi connectivity index (χ1v) is 10.7. The van der Waals surface area contributed by atoms with Crippen LogP contribution < -0.4 is 10.6 Å². The van der Waals surface area contributed by atoms with Gasteiger partial charge in [0.2, 0.25) is 0 Å². The molecule has 0 aromatic carbocycles. The van der Waals surface area contributed by atoms with Gasteiger partial charge in [-0.2, -0.15) is 0 Å². The lowest BCUT2D eigenvalue weighted by molar-refractivity contribution is -0.122. The molecule has 0 saturated carbocycles. The van der Waals surface area contributed by atoms with Crippen molar-refractivity contribution in [1.82, 2.24) is 25.2 Å². The maximum Gasteiger partial charge on any atom is 0.290 e. The van der Waals surface area contributed by atoms with Crippen LogP contribution in [-0.2, 0) is 17.8 Å². The lowest BCUT2D eigenvalue weighted by Crippen LogP contribution is -2.40. The minimum Gasteiger partial charge on any atom is -0.483 e. The number of amides is 1. The van der Waals surface area contributed by atoms with Crippen molar-refractivity contribution in [3.63, 3.8) is 0 Å². The van der Waals surface area contributed by atoms with E-state index in [1.807, 2.05) is 18.5 Å². The molecule has 0 bridgehead atoms. The molecule has 1 amide bonds. The molecule has 9 nitrogen and oxygen atoms in total. The van der Waals surface area contributed by atoms with Gasteiger partial charge < -0.3 is 15.7 Å². The molecule has 31 heavy (non-hydrogen) atoms. The zero-order valence-electron chi connectivity index (χ0n) is 18.0. The van der Waals surface area contributed by atoms with Gasteiger partial charge in [0.15, 0.2) is 0 Å². The van der Waals surface area contributed by atoms with Crippen molar-refractivity contribution in [2.75, 3.05) is 25.0 Å². The standard InChI is InChI=1S/C21H28N6O.CH2O2/c1-14(2)19-25-18-17(5-9-23-21(18)28)20(26-19)24-16-6-10-27(11-7-16)13-15-4-3-8-22-12-15;2-1-3/h3-4,8,12,14,16H,5-7,9-11,13H2,1-2H3,(H,23,28)(H,24,25,26);1H,(H,2,3). The van der Waals surface area contributed by atoms with E-state index in [0.717, 1.165) is 56.1 Å². The van der Waals surface area contributed by atoms with Gasteiger partial charge in [-0.05, 0) is 30.9 Å². The Morgan fingerprint density at radius 3 is 2.71 bits per heavy atom. The molecule has 1 saturated heterocycles. The van der Waals surface area contributed by atoms with Crippen LogP contribution in [0.1, 0.15) is 60.0 Å². The second kappa shape index (κ2) is 10.8. The van der Waals surface area contributed by atoms with Crippen LogP contribution in [0.2, 0.25) is 0 Å². The van der Waals surface area contributed by atoms with Crippen molar-refractivity contribution in [2.45, 2.75) is 51.6 Å². The fraction of sp³-hybridized carbons (Fsp3) is 0.500. The Morgan fingerprint density at radius 1 is 1.32 bits per heavy atom. The molecule has 9 heteroatoms. The van der Waals surface area contributed by atoms with Gasteiger partial charge in [0.1, 0.15) is 17.3 Å². The number of carboxylic acid groups (broad SMARTS) is 1. The van der Waals surface area contributed by atoms with Gasteiger partial charge >= 0.3 is 0 Å². The number of aromatic nitrogens is 3. The quantitative estimate of drug-likeness (QED) is 0.622. The fourth-order valence-corrected chi connectivity index (χ4v) is 3.87. The lowest BCUT2D eigenvalue weighted by Gasteiger charge is -2.33. The number of hydrogen-bond acceptors (Lipinski definition) is 7. The van der Waals surface area contributed by atoms with Crippen molar-refractivity contribution in [3.05, 3.63) is 47.2 Å². The molecule has 0 aliphatic carbocycles. The molecular weight excluding hydrogens is 396 g/mol. The second-order valence-electron chi connectivity index (χ2n) is 8.08. The highest BCUT2D eigenvalue weighted by Crippen LogP contribution is 2.25. The molecule has 2 aromatic rings. The van der Waals surface area contributed by atoms with Crippen LogP contribution in [-0.4, -0.2) is 63.0 Å². The van der Waals surface area contributed by atoms with Gasteiger partial charge in [0, 0.05) is 56.1 Å². The molecule has 1 fully saturated rings. The van der Waals surface area contributed by atoms with E-state index >= 15 is 0 Å². The molecule has 0 spiro atoms. The normalized spacial score (nSPS) is 16.7. The first-order chi connectivity index (χ1) is 15.0. The molecule has 4 heterocycles. The summed E-state index contributed by atoms with van der Waals surface area (Å²) in [5.74, 6) is 1.68. The number of carbonyl (C=O) groups is 2. The summed E-state index contributed by atoms with van der Waals surface area (Å²) in [7, 11) is 0. The van der Waals surface area contributed by atoms with Gasteiger partial charge in [-0.25, -0.2) is 9.97 Å². The number of fused-ring (bicyclic) bond motifs is 1. The molecule has 2 aliphatic rings. The van der Waals surface area contributed by atoms with E-state index in [1.54, 1.807) is 0 Å². The van der Waals surface area contributed by atoms with E-state index in [9.17, 15) is 4.79 Å². The summed E-state index contributed by atoms with van der Waals surface area (Å²) in [4.78, 5) is 36.6. The number of anilines is 1. The Bertz CT molecular complexity index is 882. The molecule has 0 atom stereocenters. The highest BCUT2D eigenvalue weighted by Gasteiger charge is 2.27. The van der Waals surface area contributed by atoms with E-state index in [4.69, 9.17) is 14.9 Å². The van der Waals surface area contributed by atoms with Crippen LogP contribution in [0.25, 0.3) is 0 Å². The minimum atomic E-state index is -0.250. The lowest BCUT2D eigenvalue weighted by atomic mass is 10.0. The fourth-order valence-electron chi connectivity index (χ4n) is 3.87. The molecule has 3 N–H and O–H groups in total. The van der Waals surface area contributed by atoms with E-state index < -0.39 is 0 Å². The number of nitrogens with zero attached hydrogens (tertiary/aromatic N) is 4. The van der Waals surface area contributed by atoms with E-state index in [-0.39, 0.29) is 18.3 Å². The monoisotopic (exact) mass is 426 g/mol. The predicted molar refractivity (Wildman–Crippen MR) is 117 cm³/mol. The van der Waals surface area contributed by atoms with Gasteiger partial charge in [-0.3, -0.25) is 19.5 Å². The summed E-state index contributed by atoms with van der Waals surface area (Å²) < 4.78 is 0. The first-order valence-electron chi connectivity index (χ1n) is 10.7. The van der Waals surface area contributed by atoms with Gasteiger partial charge in [0.05, 0.1) is 0 Å². The summed E-state index contributed by atoms with van der Waals surface area (Å²) >= 11 is 0. The zero-order valence-corrected chi connectivity index (χ0v) is 18.0. The molecule has 0 radical (unpaired) electrons. The number of carbonyl (C=O) groups excluding carboxylic acids is 1. The maximum atomic E-state index is 12.3. The van der Waals surface area contributed by atoms with Crippen LogP contribution in [0.5, 0.6) is 0 Å². The second-order valence-corrected chi connectivity index (χ2v) is 8.08. The molecule has 2 aliphatic heterocycles. The molecular formula is C22H30N6O3. The number of piperidine rings is 1. The van der Waals surface area contributed by atoms with Crippen molar-refractivity contribution in [2.24, 2.45) is 0 Å². The third-order valence-electron chi connectivity index (χ3n) is 5.47. The predicted octanol–water partition coefficient (Wildman–Crippen LogP) is 2.06. The van der Waals surface area contributed by atoms with Gasteiger partial charge in [-0.15, -0.1) is 0 Å². The number of rotatable bonds is 5. The minimum absolute atomic E-state index is 0.0834. The topological polar surface area (TPSA) is 120 Å². The molecule has 4 rings (SSSR count). The Hall–Kier alpha value is -3.07. The molecule has 166 valence electrons. The van der Waals surface area contributed by atoms with Crippen molar-refractivity contribution >= 4 is 18.2 Å². The summed E-state index contributed by atoms with van der Waals surface area (Å²) in [6.07, 6.45) is 6.65. The maximum absolute atomic E-state index is 12.3. The Balaban J connectivity index is 0.000000858. The number of nitrogens with one attached hydrogen (secondary N) is 2. The average Bonchev–Trinajstić information content (AvgIpc) is 2.77. The number of hydrogen-bond donors (Lipinski definition) is 3. The summed E-state index contributed by atoms with van der Waals surface area (Å²) in [5, 5.41) is 13.4. The summed E-state index contributed by atoms with van der Waals surface area (Å²) in [6, 6.07) is 4.49. The average molecular weight is 427 g/mol. The van der Waals surface area contributed by atoms with Gasteiger partial charge in [0.25, 0.3) is 12.4 Å². The zero-order chi connectivity index (χ0) is 22.2. The van der Waals surface area contributed by atoms with Crippen LogP contribution in [0.3, 0.4) is 0 Å². The van der Waals surface area contributed by atoms with Crippen LogP contribution >= 0.6 is 0 Å². The van der Waals surface area contributed by atoms with Crippen molar-refractivity contribution in [1.29, 1.82) is 0 Å². The number of likely N-dealkylation sites (tertiary alicyclic amines) is 1. The molecule has 2 aromatic heterocycles. The van der Waals surface area contributed by atoms with Crippen molar-refractivity contribution in [3.8, 4) is 0 Å². The Morgan fingerprint density at radius 2 is 2.06 bits per heavy atom. The highest BCUT2D eigenvalue weighted by molar-refractivity contribution is 5.96. The first kappa shape index (κ1) is 22.6. The molecule has 0 unspecified atom stereocenters.